The van der Waals surface area contributed by atoms with Crippen LogP contribution in [-0.4, -0.2) is 52.1 Å². The summed E-state index contributed by atoms with van der Waals surface area (Å²) in [5, 5.41) is 38.2. The molecule has 0 aliphatic heterocycles. The van der Waals surface area contributed by atoms with E-state index in [1.54, 1.807) is 24.3 Å². The zero-order valence-electron chi connectivity index (χ0n) is 23.6. The summed E-state index contributed by atoms with van der Waals surface area (Å²) in [4.78, 5) is 84.4. The summed E-state index contributed by atoms with van der Waals surface area (Å²) in [6.07, 6.45) is 0. The Morgan fingerprint density at radius 1 is 0.625 bits per heavy atom. The first-order valence-corrected chi connectivity index (χ1v) is 15.3. The van der Waals surface area contributed by atoms with Crippen LogP contribution in [0.3, 0.4) is 0 Å². The third kappa shape index (κ3) is 6.27. The molecule has 2 heterocycles. The van der Waals surface area contributed by atoms with E-state index in [4.69, 9.17) is 9.68 Å². The fourth-order valence-corrected chi connectivity index (χ4v) is 6.17. The molecular weight excluding hydrogens is 672 g/mol. The maximum absolute atomic E-state index is 13.0. The fraction of sp³-hybridized carbons (Fsp3) is 0. The second-order valence-electron chi connectivity index (χ2n) is 9.37. The van der Waals surface area contributed by atoms with Crippen molar-refractivity contribution in [2.45, 2.75) is 9.79 Å². The van der Waals surface area contributed by atoms with Gasteiger partial charge in [-0.1, -0.05) is 45.9 Å². The molecule has 0 N–H and O–H groups in total. The third-order valence-corrected chi connectivity index (χ3v) is 8.81. The minimum Gasteiger partial charge on any atom is -0.308 e. The highest BCUT2D eigenvalue weighted by Gasteiger charge is 2.26. The van der Waals surface area contributed by atoms with Crippen LogP contribution in [0.2, 0.25) is 0 Å². The summed E-state index contributed by atoms with van der Waals surface area (Å²) < 4.78 is 0. The van der Waals surface area contributed by atoms with Crippen LogP contribution in [-0.2, 0) is 0 Å². The van der Waals surface area contributed by atoms with E-state index in [-0.39, 0.29) is 31.6 Å². The minimum absolute atomic E-state index is 0.0964. The Hall–Kier alpha value is -6.54. The lowest BCUT2D eigenvalue weighted by molar-refractivity contribution is -0.385. The Labute approximate surface area is 272 Å². The molecule has 48 heavy (non-hydrogen) atoms. The van der Waals surface area contributed by atoms with Crippen molar-refractivity contribution in [1.82, 2.24) is 30.3 Å². The third-order valence-electron chi connectivity index (χ3n) is 6.43. The number of hydrogen-bond donors (Lipinski definition) is 0. The maximum Gasteiger partial charge on any atom is 0.372 e. The Morgan fingerprint density at radius 3 is 1.42 bits per heavy atom. The molecule has 238 valence electrons. The number of aromatic nitrogens is 6. The molecule has 0 bridgehead atoms. The van der Waals surface area contributed by atoms with Gasteiger partial charge < -0.3 is 9.68 Å². The van der Waals surface area contributed by atoms with Crippen LogP contribution in [0.15, 0.2) is 104 Å². The van der Waals surface area contributed by atoms with Crippen LogP contribution in [0.25, 0.3) is 21.8 Å². The smallest absolute Gasteiger partial charge is 0.308 e. The monoisotopic (exact) mass is 686 g/mol. The standard InChI is InChI=1S/C28H14N8O10S2/c37-25-17-5-1-3-7-21(17)29-31-33(25)45-27(39)19-13-15(9-11-23(19)35(41)42)47-48-16-10-12-24(36(43)44)20(14-16)28(40)46-34-26(38)18-6-2-4-8-22(18)30-32-34/h1-14H. The number of carbonyl (C=O) groups is 2. The van der Waals surface area contributed by atoms with E-state index < -0.39 is 55.4 Å². The molecule has 0 fully saturated rings. The summed E-state index contributed by atoms with van der Waals surface area (Å²) >= 11 is 0. The van der Waals surface area contributed by atoms with Gasteiger partial charge in [0.25, 0.3) is 11.4 Å². The predicted molar refractivity (Wildman–Crippen MR) is 167 cm³/mol. The molecule has 0 saturated heterocycles. The first-order valence-electron chi connectivity index (χ1n) is 13.2. The van der Waals surface area contributed by atoms with Gasteiger partial charge in [0.05, 0.1) is 20.6 Å². The number of nitro benzene ring substituents is 2. The van der Waals surface area contributed by atoms with Gasteiger partial charge in [0, 0.05) is 21.9 Å². The summed E-state index contributed by atoms with van der Waals surface area (Å²) in [6, 6.07) is 19.4. The largest absolute Gasteiger partial charge is 0.372 e. The highest BCUT2D eigenvalue weighted by molar-refractivity contribution is 8.76. The van der Waals surface area contributed by atoms with E-state index in [1.165, 1.54) is 36.4 Å². The number of hydrogen-bond acceptors (Lipinski definition) is 16. The SMILES string of the molecule is O=C(On1nnc2ccccc2c1=O)c1cc(SSc2ccc([N+](=O)[O-])c(C(=O)On3nnc4ccccc4c3=O)c2)ccc1[N+](=O)[O-]. The van der Waals surface area contributed by atoms with Crippen molar-refractivity contribution in [2.24, 2.45) is 0 Å². The molecule has 0 radical (unpaired) electrons. The lowest BCUT2D eigenvalue weighted by Gasteiger charge is -2.08. The highest BCUT2D eigenvalue weighted by Crippen LogP contribution is 2.40. The second kappa shape index (κ2) is 13.1. The maximum atomic E-state index is 13.0. The number of nitrogens with zero attached hydrogens (tertiary/aromatic N) is 8. The van der Waals surface area contributed by atoms with Crippen molar-refractivity contribution in [1.29, 1.82) is 0 Å². The summed E-state index contributed by atoms with van der Waals surface area (Å²) in [7, 11) is 1.94. The van der Waals surface area contributed by atoms with Crippen molar-refractivity contribution in [3.05, 3.63) is 137 Å². The van der Waals surface area contributed by atoms with Gasteiger partial charge in [0.15, 0.2) is 0 Å². The average molecular weight is 687 g/mol. The van der Waals surface area contributed by atoms with Gasteiger partial charge in [0.1, 0.15) is 22.2 Å². The zero-order chi connectivity index (χ0) is 33.9. The van der Waals surface area contributed by atoms with E-state index >= 15 is 0 Å². The molecule has 20 heteroatoms. The summed E-state index contributed by atoms with van der Waals surface area (Å²) in [6.45, 7) is 0. The van der Waals surface area contributed by atoms with Gasteiger partial charge in [-0.3, -0.25) is 29.8 Å². The number of benzene rings is 4. The van der Waals surface area contributed by atoms with E-state index in [0.717, 1.165) is 45.9 Å². The van der Waals surface area contributed by atoms with Gasteiger partial charge in [-0.2, -0.15) is 0 Å². The molecule has 0 spiro atoms. The predicted octanol–water partition coefficient (Wildman–Crippen LogP) is 3.05. The van der Waals surface area contributed by atoms with Crippen molar-refractivity contribution in [3.8, 4) is 0 Å². The Bertz CT molecular complexity index is 2270. The quantitative estimate of drug-likeness (QED) is 0.0919. The number of fused-ring (bicyclic) bond motifs is 2. The fourth-order valence-electron chi connectivity index (χ4n) is 4.20. The lowest BCUT2D eigenvalue weighted by atomic mass is 10.2. The Kier molecular flexibility index (Phi) is 8.55. The molecule has 4 aromatic carbocycles. The first-order chi connectivity index (χ1) is 23.1. The van der Waals surface area contributed by atoms with Crippen molar-refractivity contribution < 1.29 is 29.1 Å². The van der Waals surface area contributed by atoms with Crippen LogP contribution < -0.4 is 20.8 Å². The molecule has 18 nitrogen and oxygen atoms in total. The summed E-state index contributed by atoms with van der Waals surface area (Å²) in [5.41, 5.74) is -3.41. The molecule has 0 amide bonds. The van der Waals surface area contributed by atoms with Crippen molar-refractivity contribution >= 4 is 66.7 Å². The molecule has 6 rings (SSSR count). The van der Waals surface area contributed by atoms with E-state index in [2.05, 4.69) is 20.6 Å². The molecule has 0 aliphatic rings. The molecule has 0 atom stereocenters. The van der Waals surface area contributed by atoms with Crippen LogP contribution in [0, 0.1) is 20.2 Å². The molecule has 2 aromatic heterocycles. The molecule has 6 aromatic rings. The van der Waals surface area contributed by atoms with Crippen molar-refractivity contribution in [3.63, 3.8) is 0 Å². The summed E-state index contributed by atoms with van der Waals surface area (Å²) in [5.74, 6) is -2.54. The second-order valence-corrected chi connectivity index (χ2v) is 11.6. The van der Waals surface area contributed by atoms with Gasteiger partial charge in [0.2, 0.25) is 0 Å². The minimum atomic E-state index is -1.27. The van der Waals surface area contributed by atoms with Gasteiger partial charge in [-0.15, -0.1) is 10.2 Å². The lowest BCUT2D eigenvalue weighted by Crippen LogP contribution is -2.34. The highest BCUT2D eigenvalue weighted by atomic mass is 33.1. The zero-order valence-corrected chi connectivity index (χ0v) is 25.2. The Balaban J connectivity index is 1.24. The normalized spacial score (nSPS) is 10.9. The number of nitro groups is 2. The topological polar surface area (TPSA) is 234 Å². The molecular formula is C28H14N8O10S2. The van der Waals surface area contributed by atoms with Gasteiger partial charge in [-0.05, 0) is 68.6 Å². The molecule has 0 unspecified atom stereocenters. The van der Waals surface area contributed by atoms with Crippen LogP contribution >= 0.6 is 21.6 Å². The molecule has 0 saturated carbocycles. The van der Waals surface area contributed by atoms with Crippen LogP contribution in [0.1, 0.15) is 20.7 Å². The van der Waals surface area contributed by atoms with Crippen LogP contribution in [0.4, 0.5) is 11.4 Å². The van der Waals surface area contributed by atoms with E-state index in [1.807, 2.05) is 0 Å². The van der Waals surface area contributed by atoms with Crippen molar-refractivity contribution in [2.75, 3.05) is 0 Å². The molecule has 0 aliphatic carbocycles. The first kappa shape index (κ1) is 31.4. The van der Waals surface area contributed by atoms with Crippen LogP contribution in [0.5, 0.6) is 0 Å². The number of rotatable bonds is 9. The average Bonchev–Trinajstić information content (AvgIpc) is 3.09. The van der Waals surface area contributed by atoms with Gasteiger partial charge in [-0.25, -0.2) is 9.59 Å². The van der Waals surface area contributed by atoms with Gasteiger partial charge >= 0.3 is 23.1 Å². The Morgan fingerprint density at radius 2 is 1.02 bits per heavy atom. The van der Waals surface area contributed by atoms with E-state index in [9.17, 15) is 39.4 Å². The van der Waals surface area contributed by atoms with E-state index in [0.29, 0.717) is 9.69 Å². The number of carbonyl (C=O) groups excluding carboxylic acids is 2.